The van der Waals surface area contributed by atoms with Crippen LogP contribution in [0.2, 0.25) is 0 Å². The molecule has 0 aromatic rings. The van der Waals surface area contributed by atoms with Gasteiger partial charge in [-0.25, -0.2) is 0 Å². The molecule has 0 amide bonds. The molecule has 0 aliphatic heterocycles. The Morgan fingerprint density at radius 3 is 2.35 bits per heavy atom. The van der Waals surface area contributed by atoms with E-state index in [-0.39, 0.29) is 6.04 Å². The van der Waals surface area contributed by atoms with Gasteiger partial charge in [0.15, 0.2) is 0 Å². The van der Waals surface area contributed by atoms with E-state index in [0.717, 1.165) is 12.8 Å². The quantitative estimate of drug-likeness (QED) is 0.702. The molecule has 0 heterocycles. The molecule has 1 aliphatic rings. The van der Waals surface area contributed by atoms with Crippen LogP contribution in [0.5, 0.6) is 0 Å². The summed E-state index contributed by atoms with van der Waals surface area (Å²) >= 11 is 0. The van der Waals surface area contributed by atoms with Crippen molar-refractivity contribution in [2.24, 2.45) is 5.92 Å². The second-order valence-electron chi connectivity index (χ2n) is 5.39. The van der Waals surface area contributed by atoms with E-state index >= 15 is 0 Å². The molecule has 0 bridgehead atoms. The van der Waals surface area contributed by atoms with Crippen molar-refractivity contribution in [3.63, 3.8) is 0 Å². The fourth-order valence-corrected chi connectivity index (χ4v) is 2.83. The van der Waals surface area contributed by atoms with Gasteiger partial charge >= 0.3 is 5.97 Å². The molecule has 0 radical (unpaired) electrons. The average Bonchev–Trinajstić information content (AvgIpc) is 2.56. The lowest BCUT2D eigenvalue weighted by atomic mass is 9.92. The predicted octanol–water partition coefficient (Wildman–Crippen LogP) is 3.19. The van der Waals surface area contributed by atoms with Crippen molar-refractivity contribution in [1.82, 2.24) is 5.32 Å². The van der Waals surface area contributed by atoms with Crippen LogP contribution in [0.3, 0.4) is 0 Å². The Bertz CT molecular complexity index is 222. The summed E-state index contributed by atoms with van der Waals surface area (Å²) in [5.41, 5.74) is 0. The van der Waals surface area contributed by atoms with E-state index < -0.39 is 5.97 Å². The Labute approximate surface area is 105 Å². The first-order chi connectivity index (χ1) is 8.15. The fourth-order valence-electron chi connectivity index (χ4n) is 2.83. The van der Waals surface area contributed by atoms with Crippen LogP contribution in [0, 0.1) is 5.92 Å². The van der Waals surface area contributed by atoms with E-state index in [0.29, 0.717) is 12.0 Å². The second-order valence-corrected chi connectivity index (χ2v) is 5.39. The van der Waals surface area contributed by atoms with Gasteiger partial charge in [0.25, 0.3) is 0 Å². The van der Waals surface area contributed by atoms with Gasteiger partial charge in [-0.15, -0.1) is 0 Å². The van der Waals surface area contributed by atoms with Gasteiger partial charge in [-0.3, -0.25) is 4.79 Å². The number of hydrogen-bond donors (Lipinski definition) is 2. The highest BCUT2D eigenvalue weighted by molar-refractivity contribution is 5.73. The van der Waals surface area contributed by atoms with E-state index in [1.165, 1.54) is 38.5 Å². The summed E-state index contributed by atoms with van der Waals surface area (Å²) in [7, 11) is 0. The molecule has 1 aliphatic carbocycles. The van der Waals surface area contributed by atoms with Gasteiger partial charge in [0.2, 0.25) is 0 Å². The van der Waals surface area contributed by atoms with Gasteiger partial charge < -0.3 is 10.4 Å². The van der Waals surface area contributed by atoms with Crippen LogP contribution in [0.15, 0.2) is 0 Å². The third kappa shape index (κ3) is 5.07. The van der Waals surface area contributed by atoms with E-state index in [9.17, 15) is 4.79 Å². The maximum absolute atomic E-state index is 11.1. The van der Waals surface area contributed by atoms with Gasteiger partial charge in [-0.1, -0.05) is 39.0 Å². The molecule has 2 atom stereocenters. The van der Waals surface area contributed by atoms with Crippen LogP contribution in [0.25, 0.3) is 0 Å². The maximum atomic E-state index is 11.1. The zero-order valence-electron chi connectivity index (χ0n) is 11.2. The van der Waals surface area contributed by atoms with E-state index in [1.54, 1.807) is 0 Å². The number of carboxylic acid groups (broad SMARTS) is 1. The zero-order valence-corrected chi connectivity index (χ0v) is 11.2. The molecular weight excluding hydrogens is 214 g/mol. The van der Waals surface area contributed by atoms with Crippen LogP contribution in [-0.4, -0.2) is 23.2 Å². The molecule has 2 N–H and O–H groups in total. The Hall–Kier alpha value is -0.570. The summed E-state index contributed by atoms with van der Waals surface area (Å²) in [6, 6.07) is -0.0287. The molecule has 0 spiro atoms. The maximum Gasteiger partial charge on any atom is 0.320 e. The van der Waals surface area contributed by atoms with Crippen LogP contribution >= 0.6 is 0 Å². The first-order valence-electron chi connectivity index (χ1n) is 7.14. The lowest BCUT2D eigenvalue weighted by Gasteiger charge is -2.27. The van der Waals surface area contributed by atoms with E-state index in [4.69, 9.17) is 5.11 Å². The molecule has 1 saturated carbocycles. The van der Waals surface area contributed by atoms with Crippen molar-refractivity contribution in [3.05, 3.63) is 0 Å². The average molecular weight is 241 g/mol. The van der Waals surface area contributed by atoms with Gasteiger partial charge in [-0.2, -0.15) is 0 Å². The van der Waals surface area contributed by atoms with Crippen LogP contribution in [-0.2, 0) is 4.79 Å². The summed E-state index contributed by atoms with van der Waals surface area (Å²) in [5, 5.41) is 12.5. The first kappa shape index (κ1) is 14.5. The third-order valence-corrected chi connectivity index (χ3v) is 3.95. The molecule has 17 heavy (non-hydrogen) atoms. The normalized spacial score (nSPS) is 21.8. The lowest BCUT2D eigenvalue weighted by molar-refractivity contribution is -0.140. The summed E-state index contributed by atoms with van der Waals surface area (Å²) in [4.78, 5) is 11.1. The van der Waals surface area contributed by atoms with Gasteiger partial charge in [0.05, 0.1) is 0 Å². The Balaban J connectivity index is 2.43. The largest absolute Gasteiger partial charge is 0.480 e. The zero-order chi connectivity index (χ0) is 12.7. The molecule has 0 saturated heterocycles. The van der Waals surface area contributed by atoms with Crippen LogP contribution in [0.4, 0.5) is 0 Å². The van der Waals surface area contributed by atoms with Crippen LogP contribution in [0.1, 0.15) is 65.2 Å². The number of hydrogen-bond acceptors (Lipinski definition) is 2. The van der Waals surface area contributed by atoms with Crippen molar-refractivity contribution in [2.75, 3.05) is 0 Å². The molecule has 3 heteroatoms. The minimum Gasteiger partial charge on any atom is -0.480 e. The van der Waals surface area contributed by atoms with Crippen LogP contribution < -0.4 is 5.32 Å². The van der Waals surface area contributed by atoms with Crippen molar-refractivity contribution < 1.29 is 9.90 Å². The topological polar surface area (TPSA) is 49.3 Å². The van der Waals surface area contributed by atoms with Crippen molar-refractivity contribution in [1.29, 1.82) is 0 Å². The van der Waals surface area contributed by atoms with Crippen molar-refractivity contribution >= 4 is 5.97 Å². The first-order valence-corrected chi connectivity index (χ1v) is 7.14. The monoisotopic (exact) mass is 241 g/mol. The second kappa shape index (κ2) is 7.70. The van der Waals surface area contributed by atoms with E-state index in [2.05, 4.69) is 12.2 Å². The van der Waals surface area contributed by atoms with E-state index in [1.807, 2.05) is 6.92 Å². The summed E-state index contributed by atoms with van der Waals surface area (Å²) in [6.07, 6.45) is 9.47. The summed E-state index contributed by atoms with van der Waals surface area (Å²) in [6.45, 7) is 4.19. The summed E-state index contributed by atoms with van der Waals surface area (Å²) in [5.74, 6) is -0.0384. The highest BCUT2D eigenvalue weighted by Gasteiger charge is 2.24. The molecule has 0 aromatic heterocycles. The highest BCUT2D eigenvalue weighted by Crippen LogP contribution is 2.25. The molecule has 1 unspecified atom stereocenters. The number of rotatable bonds is 6. The lowest BCUT2D eigenvalue weighted by Crippen LogP contribution is -2.45. The number of carbonyl (C=O) groups is 1. The van der Waals surface area contributed by atoms with Crippen molar-refractivity contribution in [2.45, 2.75) is 77.3 Å². The molecule has 0 aromatic carbocycles. The minimum absolute atomic E-state index is 0.334. The SMILES string of the molecule is CCCC(N[C@H](C)C1CCCCCC1)C(=O)O. The molecule has 3 nitrogen and oxygen atoms in total. The number of carboxylic acids is 1. The highest BCUT2D eigenvalue weighted by atomic mass is 16.4. The van der Waals surface area contributed by atoms with Crippen molar-refractivity contribution in [3.8, 4) is 0 Å². The molecular formula is C14H27NO2. The third-order valence-electron chi connectivity index (χ3n) is 3.95. The predicted molar refractivity (Wildman–Crippen MR) is 70.1 cm³/mol. The number of nitrogens with one attached hydrogen (secondary N) is 1. The van der Waals surface area contributed by atoms with Gasteiger partial charge in [-0.05, 0) is 32.1 Å². The Morgan fingerprint density at radius 2 is 1.88 bits per heavy atom. The molecule has 1 fully saturated rings. The fraction of sp³-hybridized carbons (Fsp3) is 0.929. The molecule has 1 rings (SSSR count). The standard InChI is InChI=1S/C14H27NO2/c1-3-8-13(14(16)17)15-11(2)12-9-6-4-5-7-10-12/h11-13,15H,3-10H2,1-2H3,(H,16,17)/t11-,13?/m1/s1. The Kier molecular flexibility index (Phi) is 6.56. The van der Waals surface area contributed by atoms with Gasteiger partial charge in [0.1, 0.15) is 6.04 Å². The number of aliphatic carboxylic acids is 1. The minimum atomic E-state index is -0.702. The Morgan fingerprint density at radius 1 is 1.29 bits per heavy atom. The van der Waals surface area contributed by atoms with Gasteiger partial charge in [0, 0.05) is 6.04 Å². The summed E-state index contributed by atoms with van der Waals surface area (Å²) < 4.78 is 0. The molecule has 100 valence electrons. The smallest absolute Gasteiger partial charge is 0.320 e.